The Morgan fingerprint density at radius 2 is 1.71 bits per heavy atom. The Hall–Kier alpha value is -3.26. The minimum Gasteiger partial charge on any atom is -0.273 e. The van der Waals surface area contributed by atoms with Gasteiger partial charge < -0.3 is 0 Å². The second kappa shape index (κ2) is 7.05. The summed E-state index contributed by atoms with van der Waals surface area (Å²) in [6.07, 6.45) is 0.469. The van der Waals surface area contributed by atoms with E-state index in [1.165, 1.54) is 18.2 Å². The Morgan fingerprint density at radius 3 is 2.39 bits per heavy atom. The van der Waals surface area contributed by atoms with Gasteiger partial charge >= 0.3 is 0 Å². The van der Waals surface area contributed by atoms with E-state index >= 15 is 0 Å². The zero-order valence-electron chi connectivity index (χ0n) is 15.2. The van der Waals surface area contributed by atoms with E-state index in [0.29, 0.717) is 6.42 Å². The Labute approximate surface area is 161 Å². The van der Waals surface area contributed by atoms with Crippen molar-refractivity contribution in [1.82, 2.24) is 0 Å². The van der Waals surface area contributed by atoms with Gasteiger partial charge in [-0.3, -0.25) is 24.5 Å². The number of nitro groups is 1. The number of benzene rings is 2. The number of carbonyl (C=O) groups is 2. The van der Waals surface area contributed by atoms with Gasteiger partial charge in [-0.2, -0.15) is 0 Å². The standard InChI is InChI=1S/C20H19N3O5/c1-2-8-16-17-18(28-22(16)13-9-4-3-5-10-13)20(25)21(19(17)24)14-11-6-7-12-15(14)23(26)27/h3-7,9-12,16-18H,2,8H2,1H3. The average Bonchev–Trinajstić information content (AvgIpc) is 3.19. The van der Waals surface area contributed by atoms with Crippen LogP contribution in [0.4, 0.5) is 17.1 Å². The highest BCUT2D eigenvalue weighted by Crippen LogP contribution is 2.43. The number of hydroxylamine groups is 1. The normalized spacial score (nSPS) is 24.0. The Morgan fingerprint density at radius 1 is 1.04 bits per heavy atom. The molecule has 0 radical (unpaired) electrons. The van der Waals surface area contributed by atoms with Crippen LogP contribution in [0.2, 0.25) is 0 Å². The van der Waals surface area contributed by atoms with Crippen LogP contribution in [0.15, 0.2) is 54.6 Å². The molecule has 3 unspecified atom stereocenters. The van der Waals surface area contributed by atoms with Gasteiger partial charge in [0.1, 0.15) is 5.69 Å². The number of hydrogen-bond acceptors (Lipinski definition) is 6. The van der Waals surface area contributed by atoms with Crippen molar-refractivity contribution < 1.29 is 19.3 Å². The number of fused-ring (bicyclic) bond motifs is 1. The molecule has 8 heteroatoms. The molecule has 3 atom stereocenters. The van der Waals surface area contributed by atoms with Crippen LogP contribution in [0, 0.1) is 16.0 Å². The predicted molar refractivity (Wildman–Crippen MR) is 102 cm³/mol. The molecule has 0 bridgehead atoms. The van der Waals surface area contributed by atoms with Crippen molar-refractivity contribution in [3.05, 3.63) is 64.7 Å². The molecule has 0 aromatic heterocycles. The molecule has 0 spiro atoms. The molecular weight excluding hydrogens is 362 g/mol. The number of hydrogen-bond donors (Lipinski definition) is 0. The van der Waals surface area contributed by atoms with E-state index in [9.17, 15) is 19.7 Å². The zero-order valence-corrected chi connectivity index (χ0v) is 15.2. The first-order valence-electron chi connectivity index (χ1n) is 9.17. The fourth-order valence-electron chi connectivity index (χ4n) is 3.96. The van der Waals surface area contributed by atoms with Crippen molar-refractivity contribution in [3.8, 4) is 0 Å². The third kappa shape index (κ3) is 2.73. The molecule has 0 saturated carbocycles. The lowest BCUT2D eigenvalue weighted by Crippen LogP contribution is -2.40. The van der Waals surface area contributed by atoms with Gasteiger partial charge in [-0.05, 0) is 24.6 Å². The number of carbonyl (C=O) groups excluding carboxylic acids is 2. The Balaban J connectivity index is 1.72. The summed E-state index contributed by atoms with van der Waals surface area (Å²) < 4.78 is 0. The number of para-hydroxylation sites is 3. The second-order valence-electron chi connectivity index (χ2n) is 6.83. The van der Waals surface area contributed by atoms with E-state index in [-0.39, 0.29) is 17.4 Å². The van der Waals surface area contributed by atoms with Crippen LogP contribution in [-0.2, 0) is 14.4 Å². The van der Waals surface area contributed by atoms with Gasteiger partial charge in [0.2, 0.25) is 5.91 Å². The smallest absolute Gasteiger partial charge is 0.273 e. The number of rotatable bonds is 5. The molecule has 0 aliphatic carbocycles. The molecule has 2 fully saturated rings. The second-order valence-corrected chi connectivity index (χ2v) is 6.83. The number of imide groups is 1. The highest BCUT2D eigenvalue weighted by Gasteiger charge is 2.60. The maximum absolute atomic E-state index is 13.2. The van der Waals surface area contributed by atoms with Gasteiger partial charge in [0.25, 0.3) is 11.6 Å². The minimum absolute atomic E-state index is 0.0120. The van der Waals surface area contributed by atoms with Gasteiger partial charge in [0.05, 0.1) is 22.6 Å². The van der Waals surface area contributed by atoms with E-state index in [2.05, 4.69) is 0 Å². The molecule has 2 aliphatic rings. The quantitative estimate of drug-likeness (QED) is 0.449. The molecule has 2 aliphatic heterocycles. The molecule has 2 heterocycles. The first-order valence-corrected chi connectivity index (χ1v) is 9.17. The maximum atomic E-state index is 13.2. The lowest BCUT2D eigenvalue weighted by atomic mass is 9.93. The molecule has 144 valence electrons. The fraction of sp³-hybridized carbons (Fsp3) is 0.300. The lowest BCUT2D eigenvalue weighted by molar-refractivity contribution is -0.384. The third-order valence-electron chi connectivity index (χ3n) is 5.15. The lowest BCUT2D eigenvalue weighted by Gasteiger charge is -2.28. The van der Waals surface area contributed by atoms with Crippen LogP contribution in [0.25, 0.3) is 0 Å². The highest BCUT2D eigenvalue weighted by atomic mass is 16.7. The molecular formula is C20H19N3O5. The van der Waals surface area contributed by atoms with Crippen molar-refractivity contribution in [2.75, 3.05) is 9.96 Å². The van der Waals surface area contributed by atoms with Crippen molar-refractivity contribution >= 4 is 28.9 Å². The highest BCUT2D eigenvalue weighted by molar-refractivity contribution is 6.24. The average molecular weight is 381 g/mol. The SMILES string of the molecule is CCCC1C2C(=O)N(c3ccccc3[N+](=O)[O-])C(=O)C2ON1c1ccccc1. The van der Waals surface area contributed by atoms with E-state index in [4.69, 9.17) is 4.84 Å². The van der Waals surface area contributed by atoms with E-state index < -0.39 is 28.8 Å². The minimum atomic E-state index is -0.982. The van der Waals surface area contributed by atoms with Crippen molar-refractivity contribution in [1.29, 1.82) is 0 Å². The van der Waals surface area contributed by atoms with Gasteiger partial charge in [-0.1, -0.05) is 43.7 Å². The summed E-state index contributed by atoms with van der Waals surface area (Å²) in [5.41, 5.74) is 0.478. The summed E-state index contributed by atoms with van der Waals surface area (Å²) in [6, 6.07) is 14.8. The van der Waals surface area contributed by atoms with Gasteiger partial charge in [0, 0.05) is 6.07 Å². The monoisotopic (exact) mass is 381 g/mol. The van der Waals surface area contributed by atoms with Crippen LogP contribution in [0.3, 0.4) is 0 Å². The van der Waals surface area contributed by atoms with Crippen LogP contribution in [-0.4, -0.2) is 28.9 Å². The molecule has 28 heavy (non-hydrogen) atoms. The maximum Gasteiger partial charge on any atom is 0.293 e. The van der Waals surface area contributed by atoms with E-state index in [1.807, 2.05) is 37.3 Å². The van der Waals surface area contributed by atoms with Gasteiger partial charge in [0.15, 0.2) is 6.10 Å². The first-order chi connectivity index (χ1) is 13.5. The van der Waals surface area contributed by atoms with E-state index in [0.717, 1.165) is 17.0 Å². The van der Waals surface area contributed by atoms with Crippen LogP contribution >= 0.6 is 0 Å². The van der Waals surface area contributed by atoms with E-state index in [1.54, 1.807) is 11.1 Å². The fourth-order valence-corrected chi connectivity index (χ4v) is 3.96. The third-order valence-corrected chi connectivity index (χ3v) is 5.15. The predicted octanol–water partition coefficient (Wildman–Crippen LogP) is 3.07. The van der Waals surface area contributed by atoms with Gasteiger partial charge in [-0.25, -0.2) is 9.96 Å². The summed E-state index contributed by atoms with van der Waals surface area (Å²) in [7, 11) is 0. The Bertz CT molecular complexity index is 932. The largest absolute Gasteiger partial charge is 0.293 e. The van der Waals surface area contributed by atoms with Crippen molar-refractivity contribution in [2.24, 2.45) is 5.92 Å². The topological polar surface area (TPSA) is 93.0 Å². The van der Waals surface area contributed by atoms with Gasteiger partial charge in [-0.15, -0.1) is 0 Å². The summed E-state index contributed by atoms with van der Waals surface area (Å²) in [5, 5.41) is 13.0. The summed E-state index contributed by atoms with van der Waals surface area (Å²) >= 11 is 0. The number of nitrogens with zero attached hydrogens (tertiary/aromatic N) is 3. The zero-order chi connectivity index (χ0) is 19.8. The molecule has 8 nitrogen and oxygen atoms in total. The number of amides is 2. The number of nitro benzene ring substituents is 1. The molecule has 4 rings (SSSR count). The molecule has 2 amide bonds. The van der Waals surface area contributed by atoms with Crippen molar-refractivity contribution in [3.63, 3.8) is 0 Å². The van der Waals surface area contributed by atoms with Crippen molar-refractivity contribution in [2.45, 2.75) is 31.9 Å². The summed E-state index contributed by atoms with van der Waals surface area (Å²) in [4.78, 5) is 43.8. The molecule has 2 aromatic carbocycles. The molecule has 2 saturated heterocycles. The summed E-state index contributed by atoms with van der Waals surface area (Å²) in [5.74, 6) is -1.72. The van der Waals surface area contributed by atoms with Crippen LogP contribution in [0.5, 0.6) is 0 Å². The Kier molecular flexibility index (Phi) is 4.56. The van der Waals surface area contributed by atoms with Crippen LogP contribution in [0.1, 0.15) is 19.8 Å². The number of anilines is 2. The first kappa shape index (κ1) is 18.1. The molecule has 2 aromatic rings. The summed E-state index contributed by atoms with van der Waals surface area (Å²) in [6.45, 7) is 2.00. The van der Waals surface area contributed by atoms with Crippen LogP contribution < -0.4 is 9.96 Å². The molecule has 0 N–H and O–H groups in total.